The van der Waals surface area contributed by atoms with E-state index < -0.39 is 10.0 Å². The molecule has 2 rings (SSSR count). The van der Waals surface area contributed by atoms with E-state index in [1.807, 2.05) is 24.3 Å². The molecule has 0 spiro atoms. The van der Waals surface area contributed by atoms with Crippen molar-refractivity contribution in [2.24, 2.45) is 0 Å². The van der Waals surface area contributed by atoms with Gasteiger partial charge < -0.3 is 4.74 Å². The van der Waals surface area contributed by atoms with E-state index in [1.165, 1.54) is 0 Å². The Balaban J connectivity index is 1.99. The Morgan fingerprint density at radius 3 is 2.43 bits per heavy atom. The third-order valence-corrected chi connectivity index (χ3v) is 4.92. The predicted octanol–water partition coefficient (Wildman–Crippen LogP) is 1.56. The van der Waals surface area contributed by atoms with E-state index >= 15 is 0 Å². The van der Waals surface area contributed by atoms with Crippen molar-refractivity contribution < 1.29 is 13.2 Å². The van der Waals surface area contributed by atoms with Gasteiger partial charge in [-0.2, -0.15) is 5.10 Å². The molecule has 0 aliphatic rings. The van der Waals surface area contributed by atoms with Crippen LogP contribution in [0.1, 0.15) is 17.0 Å². The molecule has 2 N–H and O–H groups in total. The molecule has 1 heterocycles. The van der Waals surface area contributed by atoms with Gasteiger partial charge >= 0.3 is 0 Å². The van der Waals surface area contributed by atoms with Crippen molar-refractivity contribution in [3.05, 3.63) is 41.2 Å². The van der Waals surface area contributed by atoms with Crippen molar-refractivity contribution in [2.75, 3.05) is 13.7 Å². The molecule has 0 radical (unpaired) electrons. The number of nitrogens with zero attached hydrogens (tertiary/aromatic N) is 1. The van der Waals surface area contributed by atoms with E-state index in [4.69, 9.17) is 4.74 Å². The topological polar surface area (TPSA) is 84.1 Å². The molecule has 2 aromatic rings. The molecule has 0 amide bonds. The zero-order valence-electron chi connectivity index (χ0n) is 12.3. The first-order valence-electron chi connectivity index (χ1n) is 6.58. The van der Waals surface area contributed by atoms with Crippen LogP contribution >= 0.6 is 0 Å². The third kappa shape index (κ3) is 3.62. The number of ether oxygens (including phenoxy) is 1. The van der Waals surface area contributed by atoms with E-state index in [2.05, 4.69) is 14.9 Å². The van der Waals surface area contributed by atoms with Crippen molar-refractivity contribution in [1.29, 1.82) is 0 Å². The predicted molar refractivity (Wildman–Crippen MR) is 79.9 cm³/mol. The molecule has 0 saturated heterocycles. The van der Waals surface area contributed by atoms with Gasteiger partial charge in [0.25, 0.3) is 0 Å². The molecule has 0 aliphatic heterocycles. The minimum absolute atomic E-state index is 0.234. The summed E-state index contributed by atoms with van der Waals surface area (Å²) in [5.41, 5.74) is 2.06. The van der Waals surface area contributed by atoms with Gasteiger partial charge in [0.15, 0.2) is 0 Å². The molecule has 1 aromatic carbocycles. The summed E-state index contributed by atoms with van der Waals surface area (Å²) < 4.78 is 32.2. The first-order valence-corrected chi connectivity index (χ1v) is 8.06. The van der Waals surface area contributed by atoms with E-state index in [-0.39, 0.29) is 4.90 Å². The fourth-order valence-electron chi connectivity index (χ4n) is 2.13. The Labute approximate surface area is 124 Å². The standard InChI is InChI=1S/C14H19N3O3S/c1-10-14(11(2)17-16-10)21(18,19)15-9-8-12-4-6-13(20-3)7-5-12/h4-7,15H,8-9H2,1-3H3,(H,16,17). The maximum absolute atomic E-state index is 12.2. The molecule has 0 unspecified atom stereocenters. The fourth-order valence-corrected chi connectivity index (χ4v) is 3.53. The summed E-state index contributed by atoms with van der Waals surface area (Å²) >= 11 is 0. The summed E-state index contributed by atoms with van der Waals surface area (Å²) in [4.78, 5) is 0.234. The molecule has 0 aliphatic carbocycles. The number of benzene rings is 1. The van der Waals surface area contributed by atoms with Crippen LogP contribution in [-0.2, 0) is 16.4 Å². The highest BCUT2D eigenvalue weighted by Gasteiger charge is 2.21. The smallest absolute Gasteiger partial charge is 0.244 e. The van der Waals surface area contributed by atoms with Crippen LogP contribution in [0.2, 0.25) is 0 Å². The van der Waals surface area contributed by atoms with Crippen LogP contribution in [0.25, 0.3) is 0 Å². The van der Waals surface area contributed by atoms with Gasteiger partial charge in [0.05, 0.1) is 18.5 Å². The molecule has 0 saturated carbocycles. The van der Waals surface area contributed by atoms with Crippen LogP contribution in [0.5, 0.6) is 5.75 Å². The Morgan fingerprint density at radius 2 is 1.90 bits per heavy atom. The first kappa shape index (κ1) is 15.5. The average molecular weight is 309 g/mol. The quantitative estimate of drug-likeness (QED) is 0.848. The number of hydrogen-bond donors (Lipinski definition) is 2. The Morgan fingerprint density at radius 1 is 1.24 bits per heavy atom. The SMILES string of the molecule is COc1ccc(CCNS(=O)(=O)c2c(C)n[nH]c2C)cc1. The molecule has 21 heavy (non-hydrogen) atoms. The molecule has 0 bridgehead atoms. The number of nitrogens with one attached hydrogen (secondary N) is 2. The minimum atomic E-state index is -3.53. The van der Waals surface area contributed by atoms with Crippen molar-refractivity contribution >= 4 is 10.0 Å². The van der Waals surface area contributed by atoms with E-state index in [1.54, 1.807) is 21.0 Å². The largest absolute Gasteiger partial charge is 0.497 e. The van der Waals surface area contributed by atoms with Crippen molar-refractivity contribution in [3.63, 3.8) is 0 Å². The Bertz CT molecular complexity index is 686. The number of hydrogen-bond acceptors (Lipinski definition) is 4. The Hall–Kier alpha value is -1.86. The van der Waals surface area contributed by atoms with Crippen molar-refractivity contribution in [1.82, 2.24) is 14.9 Å². The lowest BCUT2D eigenvalue weighted by Gasteiger charge is -2.07. The van der Waals surface area contributed by atoms with Crippen LogP contribution in [0.4, 0.5) is 0 Å². The lowest BCUT2D eigenvalue weighted by atomic mass is 10.1. The van der Waals surface area contributed by atoms with Crippen LogP contribution < -0.4 is 9.46 Å². The third-order valence-electron chi connectivity index (χ3n) is 3.19. The molecular formula is C14H19N3O3S. The average Bonchev–Trinajstić information content (AvgIpc) is 2.79. The lowest BCUT2D eigenvalue weighted by Crippen LogP contribution is -2.26. The van der Waals surface area contributed by atoms with Gasteiger partial charge in [-0.3, -0.25) is 5.10 Å². The summed E-state index contributed by atoms with van der Waals surface area (Å²) in [5.74, 6) is 0.781. The van der Waals surface area contributed by atoms with Crippen LogP contribution in [0, 0.1) is 13.8 Å². The molecule has 1 aromatic heterocycles. The van der Waals surface area contributed by atoms with Crippen molar-refractivity contribution in [3.8, 4) is 5.75 Å². The number of aryl methyl sites for hydroxylation is 2. The Kier molecular flexibility index (Phi) is 4.64. The number of aromatic amines is 1. The summed E-state index contributed by atoms with van der Waals surface area (Å²) in [7, 11) is -1.92. The first-order chi connectivity index (χ1) is 9.94. The van der Waals surface area contributed by atoms with E-state index in [9.17, 15) is 8.42 Å². The van der Waals surface area contributed by atoms with Crippen molar-refractivity contribution in [2.45, 2.75) is 25.2 Å². The maximum Gasteiger partial charge on any atom is 0.244 e. The van der Waals surface area contributed by atoms with E-state index in [0.29, 0.717) is 24.4 Å². The van der Waals surface area contributed by atoms with Crippen LogP contribution in [-0.4, -0.2) is 32.3 Å². The zero-order valence-corrected chi connectivity index (χ0v) is 13.1. The normalized spacial score (nSPS) is 11.6. The summed E-state index contributed by atoms with van der Waals surface area (Å²) in [5, 5.41) is 6.59. The van der Waals surface area contributed by atoms with Gasteiger partial charge in [-0.15, -0.1) is 0 Å². The lowest BCUT2D eigenvalue weighted by molar-refractivity contribution is 0.414. The number of methoxy groups -OCH3 is 1. The molecule has 0 fully saturated rings. The fraction of sp³-hybridized carbons (Fsp3) is 0.357. The highest BCUT2D eigenvalue weighted by molar-refractivity contribution is 7.89. The number of sulfonamides is 1. The molecule has 6 nitrogen and oxygen atoms in total. The van der Waals surface area contributed by atoms with Gasteiger partial charge in [-0.05, 0) is 38.0 Å². The zero-order chi connectivity index (χ0) is 15.5. The second-order valence-electron chi connectivity index (χ2n) is 4.76. The van der Waals surface area contributed by atoms with E-state index in [0.717, 1.165) is 11.3 Å². The van der Waals surface area contributed by atoms with Gasteiger partial charge in [-0.1, -0.05) is 12.1 Å². The molecule has 0 atom stereocenters. The highest BCUT2D eigenvalue weighted by atomic mass is 32.2. The number of H-pyrrole nitrogens is 1. The second kappa shape index (κ2) is 6.28. The van der Waals surface area contributed by atoms with Crippen LogP contribution in [0.3, 0.4) is 0 Å². The minimum Gasteiger partial charge on any atom is -0.497 e. The molecular weight excluding hydrogens is 290 g/mol. The molecule has 7 heteroatoms. The van der Waals surface area contributed by atoms with Gasteiger partial charge in [0, 0.05) is 6.54 Å². The number of aromatic nitrogens is 2. The van der Waals surface area contributed by atoms with Crippen LogP contribution in [0.15, 0.2) is 29.2 Å². The second-order valence-corrected chi connectivity index (χ2v) is 6.46. The highest BCUT2D eigenvalue weighted by Crippen LogP contribution is 2.16. The summed E-state index contributed by atoms with van der Waals surface area (Å²) in [6, 6.07) is 7.55. The van der Waals surface area contributed by atoms with Gasteiger partial charge in [-0.25, -0.2) is 13.1 Å². The van der Waals surface area contributed by atoms with Gasteiger partial charge in [0.2, 0.25) is 10.0 Å². The number of rotatable bonds is 6. The summed E-state index contributed by atoms with van der Waals surface area (Å²) in [6.07, 6.45) is 0.610. The van der Waals surface area contributed by atoms with Gasteiger partial charge in [0.1, 0.15) is 10.6 Å². The summed E-state index contributed by atoms with van der Waals surface area (Å²) in [6.45, 7) is 3.69. The monoisotopic (exact) mass is 309 g/mol. The maximum atomic E-state index is 12.2. The molecule has 114 valence electrons.